The van der Waals surface area contributed by atoms with Gasteiger partial charge in [-0.3, -0.25) is 9.88 Å². The first-order chi connectivity index (χ1) is 15.3. The molecule has 5 atom stereocenters. The average molecular weight is 417 g/mol. The summed E-state index contributed by atoms with van der Waals surface area (Å²) in [5.74, 6) is 2.50. The molecule has 0 amide bonds. The first-order valence-electron chi connectivity index (χ1n) is 11.6. The van der Waals surface area contributed by atoms with E-state index in [9.17, 15) is 0 Å². The number of hydrogen-bond acceptors (Lipinski definition) is 4. The Morgan fingerprint density at radius 2 is 2.00 bits per heavy atom. The summed E-state index contributed by atoms with van der Waals surface area (Å²) in [6.45, 7) is 5.34. The van der Waals surface area contributed by atoms with E-state index in [0.717, 1.165) is 28.5 Å². The van der Waals surface area contributed by atoms with Gasteiger partial charge in [-0.2, -0.15) is 0 Å². The van der Waals surface area contributed by atoms with Crippen molar-refractivity contribution in [2.45, 2.75) is 44.9 Å². The standard InChI is InChI=1S/C27H32N2O2/c1-3-20-17-29-14-12-21(20)15-26(29)27(31-18-19-7-5-4-6-8-19)23-11-13-28-25-10-9-22(30-2)16-24(23)25/h4-11,13,16,20-21,26-27H,3,12,14-15,17-18H2,1-2H3/t20?,21-,26+,27-/m0/s1. The molecule has 1 aromatic heterocycles. The van der Waals surface area contributed by atoms with Crippen LogP contribution in [0, 0.1) is 11.8 Å². The third-order valence-electron chi connectivity index (χ3n) is 7.37. The summed E-state index contributed by atoms with van der Waals surface area (Å²) >= 11 is 0. The monoisotopic (exact) mass is 416 g/mol. The Hall–Kier alpha value is -2.43. The van der Waals surface area contributed by atoms with E-state index in [1.54, 1.807) is 7.11 Å². The van der Waals surface area contributed by atoms with Crippen molar-refractivity contribution >= 4 is 10.9 Å². The van der Waals surface area contributed by atoms with Gasteiger partial charge >= 0.3 is 0 Å². The first-order valence-corrected chi connectivity index (χ1v) is 11.6. The summed E-state index contributed by atoms with van der Waals surface area (Å²) in [6, 6.07) is 19.2. The molecule has 2 unspecified atom stereocenters. The van der Waals surface area contributed by atoms with E-state index in [2.05, 4.69) is 59.3 Å². The van der Waals surface area contributed by atoms with Crippen molar-refractivity contribution in [3.05, 3.63) is 71.9 Å². The summed E-state index contributed by atoms with van der Waals surface area (Å²) in [6.07, 6.45) is 5.75. The normalized spacial score (nSPS) is 26.1. The highest BCUT2D eigenvalue weighted by Crippen LogP contribution is 2.44. The van der Waals surface area contributed by atoms with Crippen LogP contribution in [0.2, 0.25) is 0 Å². The topological polar surface area (TPSA) is 34.6 Å². The van der Waals surface area contributed by atoms with Gasteiger partial charge in [0.05, 0.1) is 25.3 Å². The van der Waals surface area contributed by atoms with E-state index in [1.165, 1.54) is 43.5 Å². The van der Waals surface area contributed by atoms with Gasteiger partial charge in [0, 0.05) is 24.2 Å². The number of ether oxygens (including phenoxy) is 2. The largest absolute Gasteiger partial charge is 0.497 e. The van der Waals surface area contributed by atoms with Crippen LogP contribution in [0.1, 0.15) is 43.4 Å². The fourth-order valence-electron chi connectivity index (χ4n) is 5.65. The highest BCUT2D eigenvalue weighted by molar-refractivity contribution is 5.84. The first kappa shape index (κ1) is 20.5. The number of fused-ring (bicyclic) bond motifs is 4. The molecule has 31 heavy (non-hydrogen) atoms. The van der Waals surface area contributed by atoms with Crippen LogP contribution in [0.25, 0.3) is 10.9 Å². The highest BCUT2D eigenvalue weighted by atomic mass is 16.5. The van der Waals surface area contributed by atoms with Gasteiger partial charge in [-0.15, -0.1) is 0 Å². The molecule has 3 saturated heterocycles. The maximum atomic E-state index is 6.75. The predicted molar refractivity (Wildman–Crippen MR) is 124 cm³/mol. The van der Waals surface area contributed by atoms with Crippen molar-refractivity contribution in [1.82, 2.24) is 9.88 Å². The summed E-state index contributed by atoms with van der Waals surface area (Å²) in [5.41, 5.74) is 3.44. The van der Waals surface area contributed by atoms with Gasteiger partial charge in [-0.25, -0.2) is 0 Å². The molecule has 3 aliphatic heterocycles. The van der Waals surface area contributed by atoms with Crippen molar-refractivity contribution < 1.29 is 9.47 Å². The van der Waals surface area contributed by atoms with Crippen LogP contribution >= 0.6 is 0 Å². The zero-order valence-corrected chi connectivity index (χ0v) is 18.5. The molecular weight excluding hydrogens is 384 g/mol. The van der Waals surface area contributed by atoms with Crippen molar-refractivity contribution in [3.63, 3.8) is 0 Å². The molecule has 0 aliphatic carbocycles. The lowest BCUT2D eigenvalue weighted by molar-refractivity contribution is -0.0879. The lowest BCUT2D eigenvalue weighted by atomic mass is 9.72. The van der Waals surface area contributed by atoms with Crippen LogP contribution in [0.3, 0.4) is 0 Å². The minimum atomic E-state index is 0.0124. The molecule has 162 valence electrons. The third-order valence-corrected chi connectivity index (χ3v) is 7.37. The summed E-state index contributed by atoms with van der Waals surface area (Å²) in [7, 11) is 1.72. The average Bonchev–Trinajstić information content (AvgIpc) is 2.85. The summed E-state index contributed by atoms with van der Waals surface area (Å²) in [5, 5.41) is 1.13. The van der Waals surface area contributed by atoms with Crippen LogP contribution in [-0.4, -0.2) is 36.1 Å². The number of piperidine rings is 3. The fourth-order valence-corrected chi connectivity index (χ4v) is 5.65. The van der Waals surface area contributed by atoms with E-state index in [4.69, 9.17) is 9.47 Å². The molecule has 0 saturated carbocycles. The Balaban J connectivity index is 1.52. The van der Waals surface area contributed by atoms with Crippen molar-refractivity contribution in [3.8, 4) is 5.75 Å². The number of aromatic nitrogens is 1. The van der Waals surface area contributed by atoms with E-state index < -0.39 is 0 Å². The van der Waals surface area contributed by atoms with Crippen LogP contribution < -0.4 is 4.74 Å². The molecular formula is C27H32N2O2. The second kappa shape index (κ2) is 8.97. The maximum Gasteiger partial charge on any atom is 0.119 e. The number of pyridine rings is 1. The van der Waals surface area contributed by atoms with Crippen LogP contribution in [-0.2, 0) is 11.3 Å². The maximum absolute atomic E-state index is 6.75. The van der Waals surface area contributed by atoms with Crippen molar-refractivity contribution in [1.29, 1.82) is 0 Å². The van der Waals surface area contributed by atoms with Crippen LogP contribution in [0.15, 0.2) is 60.8 Å². The molecule has 2 aromatic carbocycles. The molecule has 2 bridgehead atoms. The number of nitrogens with zero attached hydrogens (tertiary/aromatic N) is 2. The van der Waals surface area contributed by atoms with E-state index in [-0.39, 0.29) is 6.10 Å². The highest BCUT2D eigenvalue weighted by Gasteiger charge is 2.43. The molecule has 0 radical (unpaired) electrons. The Kier molecular flexibility index (Phi) is 5.93. The molecule has 3 fully saturated rings. The van der Waals surface area contributed by atoms with E-state index in [1.807, 2.05) is 18.3 Å². The quantitative estimate of drug-likeness (QED) is 0.501. The Morgan fingerprint density at radius 1 is 1.13 bits per heavy atom. The Morgan fingerprint density at radius 3 is 2.74 bits per heavy atom. The summed E-state index contributed by atoms with van der Waals surface area (Å²) < 4.78 is 12.3. The minimum Gasteiger partial charge on any atom is -0.497 e. The molecule has 4 heteroatoms. The number of methoxy groups -OCH3 is 1. The van der Waals surface area contributed by atoms with E-state index >= 15 is 0 Å². The van der Waals surface area contributed by atoms with Crippen molar-refractivity contribution in [2.24, 2.45) is 11.8 Å². The third kappa shape index (κ3) is 4.07. The lowest BCUT2D eigenvalue weighted by Gasteiger charge is -2.52. The number of rotatable bonds is 7. The SMILES string of the molecule is CCC1CN2CC[C@H]1C[C@@H]2[C@@H](OCc1ccccc1)c1ccnc2ccc(OC)cc12. The fraction of sp³-hybridized carbons (Fsp3) is 0.444. The molecule has 4 nitrogen and oxygen atoms in total. The van der Waals surface area contributed by atoms with Gasteiger partial charge in [0.1, 0.15) is 5.75 Å². The molecule has 4 heterocycles. The molecule has 3 aliphatic rings. The molecule has 0 spiro atoms. The smallest absolute Gasteiger partial charge is 0.119 e. The number of hydrogen-bond donors (Lipinski definition) is 0. The molecule has 6 rings (SSSR count). The zero-order valence-electron chi connectivity index (χ0n) is 18.5. The van der Waals surface area contributed by atoms with Crippen molar-refractivity contribution in [2.75, 3.05) is 20.2 Å². The van der Waals surface area contributed by atoms with Gasteiger partial charge in [0.2, 0.25) is 0 Å². The van der Waals surface area contributed by atoms with Crippen LogP contribution in [0.5, 0.6) is 5.75 Å². The Bertz CT molecular complexity index is 1020. The summed E-state index contributed by atoms with van der Waals surface area (Å²) in [4.78, 5) is 7.30. The molecule has 0 N–H and O–H groups in total. The predicted octanol–water partition coefficient (Wildman–Crippen LogP) is 5.62. The minimum absolute atomic E-state index is 0.0124. The second-order valence-corrected chi connectivity index (χ2v) is 9.02. The lowest BCUT2D eigenvalue weighted by Crippen LogP contribution is -2.55. The number of benzene rings is 2. The van der Waals surface area contributed by atoms with Gasteiger partial charge < -0.3 is 9.47 Å². The Labute approximate surface area is 185 Å². The van der Waals surface area contributed by atoms with Gasteiger partial charge in [0.15, 0.2) is 0 Å². The van der Waals surface area contributed by atoms with Crippen LogP contribution in [0.4, 0.5) is 0 Å². The van der Waals surface area contributed by atoms with Gasteiger partial charge in [0.25, 0.3) is 0 Å². The van der Waals surface area contributed by atoms with Gasteiger partial charge in [-0.05, 0) is 66.6 Å². The van der Waals surface area contributed by atoms with E-state index in [0.29, 0.717) is 12.6 Å². The van der Waals surface area contributed by atoms with Gasteiger partial charge in [-0.1, -0.05) is 43.7 Å². The second-order valence-electron chi connectivity index (χ2n) is 9.02. The molecule has 3 aromatic rings. The zero-order chi connectivity index (χ0) is 21.2.